The van der Waals surface area contributed by atoms with Crippen LogP contribution in [0.2, 0.25) is 0 Å². The summed E-state index contributed by atoms with van der Waals surface area (Å²) in [6.07, 6.45) is 4.41. The molecule has 3 nitrogen and oxygen atoms in total. The zero-order valence-electron chi connectivity index (χ0n) is 13.8. The van der Waals surface area contributed by atoms with Gasteiger partial charge in [-0.1, -0.05) is 48.0 Å². The first-order valence-electron chi connectivity index (χ1n) is 7.89. The van der Waals surface area contributed by atoms with Crippen molar-refractivity contribution in [3.8, 4) is 0 Å². The summed E-state index contributed by atoms with van der Waals surface area (Å²) in [5.74, 6) is -0.371. The molecule has 20 heavy (non-hydrogen) atoms. The number of rotatable bonds is 4. The molecule has 2 rings (SSSR count). The maximum atomic E-state index is 11.1. The van der Waals surface area contributed by atoms with Crippen LogP contribution in [0.4, 0.5) is 0 Å². The molecule has 3 heteroatoms. The lowest BCUT2D eigenvalue weighted by molar-refractivity contribution is 0.555. The van der Waals surface area contributed by atoms with Crippen molar-refractivity contribution in [3.05, 3.63) is 33.8 Å². The molecular formula is C17H29NO2. The van der Waals surface area contributed by atoms with Crippen molar-refractivity contribution in [1.29, 1.82) is 0 Å². The summed E-state index contributed by atoms with van der Waals surface area (Å²) >= 11 is 0. The summed E-state index contributed by atoms with van der Waals surface area (Å²) in [5.41, 5.74) is 4.09. The molecule has 1 N–H and O–H groups in total. The Hall–Kier alpha value is -1.51. The predicted molar refractivity (Wildman–Crippen MR) is 87.5 cm³/mol. The molecule has 0 aliphatic carbocycles. The maximum Gasteiger partial charge on any atom is 0.417 e. The fraction of sp³-hybridized carbons (Fsp3) is 0.588. The molecule has 114 valence electrons. The number of hydrogen-bond donors (Lipinski definition) is 1. The van der Waals surface area contributed by atoms with Crippen LogP contribution in [0, 0.1) is 0 Å². The third-order valence-electron chi connectivity index (χ3n) is 2.92. The number of unbranched alkanes of at least 4 members (excludes halogenated alkanes) is 1. The predicted octanol–water partition coefficient (Wildman–Crippen LogP) is 5.08. The van der Waals surface area contributed by atoms with Crippen LogP contribution in [0.15, 0.2) is 21.3 Å². The minimum Gasteiger partial charge on any atom is -0.408 e. The van der Waals surface area contributed by atoms with E-state index in [1.807, 2.05) is 33.8 Å². The van der Waals surface area contributed by atoms with Crippen molar-refractivity contribution in [2.24, 2.45) is 0 Å². The second-order valence-corrected chi connectivity index (χ2v) is 4.09. The second-order valence-electron chi connectivity index (χ2n) is 4.09. The van der Waals surface area contributed by atoms with Crippen molar-refractivity contribution >= 4 is 11.1 Å². The van der Waals surface area contributed by atoms with Crippen molar-refractivity contribution in [3.63, 3.8) is 0 Å². The normalized spacial score (nSPS) is 9.50. The van der Waals surface area contributed by atoms with E-state index in [0.29, 0.717) is 5.58 Å². The fourth-order valence-electron chi connectivity index (χ4n) is 2.01. The molecule has 1 aromatic carbocycles. The Morgan fingerprint density at radius 3 is 2.25 bits per heavy atom. The Kier molecular flexibility index (Phi) is 9.52. The number of H-pyrrole nitrogens is 1. The molecule has 0 spiro atoms. The van der Waals surface area contributed by atoms with E-state index in [0.717, 1.165) is 18.4 Å². The molecule has 0 fully saturated rings. The van der Waals surface area contributed by atoms with Gasteiger partial charge in [-0.25, -0.2) is 4.79 Å². The smallest absolute Gasteiger partial charge is 0.408 e. The van der Waals surface area contributed by atoms with Gasteiger partial charge in [-0.15, -0.1) is 0 Å². The van der Waals surface area contributed by atoms with E-state index >= 15 is 0 Å². The minimum absolute atomic E-state index is 0.371. The number of aromatic amines is 1. The lowest BCUT2D eigenvalue weighted by atomic mass is 9.99. The van der Waals surface area contributed by atoms with E-state index in [-0.39, 0.29) is 5.76 Å². The highest BCUT2D eigenvalue weighted by Gasteiger charge is 2.07. The molecule has 0 aliphatic heterocycles. The molecule has 1 aromatic heterocycles. The van der Waals surface area contributed by atoms with Crippen molar-refractivity contribution < 1.29 is 4.42 Å². The highest BCUT2D eigenvalue weighted by Crippen LogP contribution is 2.20. The average Bonchev–Trinajstić information content (AvgIpc) is 2.87. The quantitative estimate of drug-likeness (QED) is 0.848. The molecular weight excluding hydrogens is 250 g/mol. The van der Waals surface area contributed by atoms with Gasteiger partial charge < -0.3 is 4.42 Å². The van der Waals surface area contributed by atoms with Crippen molar-refractivity contribution in [2.75, 3.05) is 0 Å². The first kappa shape index (κ1) is 18.5. The zero-order valence-corrected chi connectivity index (χ0v) is 13.8. The molecule has 0 saturated carbocycles. The Morgan fingerprint density at radius 2 is 1.70 bits per heavy atom. The fourth-order valence-corrected chi connectivity index (χ4v) is 2.01. The number of benzene rings is 1. The topological polar surface area (TPSA) is 46.0 Å². The molecule has 0 saturated heterocycles. The summed E-state index contributed by atoms with van der Waals surface area (Å²) in [4.78, 5) is 13.8. The zero-order chi connectivity index (χ0) is 15.5. The summed E-state index contributed by atoms with van der Waals surface area (Å²) in [6.45, 7) is 12.3. The number of fused-ring (bicyclic) bond motifs is 1. The number of aryl methyl sites for hydroxylation is 2. The van der Waals surface area contributed by atoms with E-state index in [4.69, 9.17) is 4.42 Å². The van der Waals surface area contributed by atoms with E-state index in [1.165, 1.54) is 24.0 Å². The largest absolute Gasteiger partial charge is 0.417 e. The highest BCUT2D eigenvalue weighted by molar-refractivity contribution is 5.74. The van der Waals surface area contributed by atoms with Gasteiger partial charge in [-0.2, -0.15) is 0 Å². The monoisotopic (exact) mass is 279 g/mol. The molecule has 0 aliphatic rings. The Labute approximate surface area is 122 Å². The van der Waals surface area contributed by atoms with Crippen LogP contribution in [0.25, 0.3) is 11.1 Å². The third-order valence-corrected chi connectivity index (χ3v) is 2.92. The summed E-state index contributed by atoms with van der Waals surface area (Å²) in [5, 5.41) is 0. The standard InChI is InChI=1S/C13H17NO2.2C2H6/c1-3-5-6-10-7-11-12(8-9(10)4-2)16-13(15)14-11;2*1-2/h7-8H,3-6H2,1-2H3,(H,14,15);2*1-2H3. The number of oxazole rings is 1. The van der Waals surface area contributed by atoms with Gasteiger partial charge in [0, 0.05) is 0 Å². The first-order valence-corrected chi connectivity index (χ1v) is 7.89. The number of hydrogen-bond acceptors (Lipinski definition) is 2. The van der Waals surface area contributed by atoms with Crippen molar-refractivity contribution in [1.82, 2.24) is 4.98 Å². The molecule has 2 aromatic rings. The third kappa shape index (κ3) is 4.87. The van der Waals surface area contributed by atoms with Gasteiger partial charge in [0.2, 0.25) is 0 Å². The average molecular weight is 279 g/mol. The lowest BCUT2D eigenvalue weighted by Crippen LogP contribution is -1.94. The van der Waals surface area contributed by atoms with E-state index in [9.17, 15) is 4.79 Å². The van der Waals surface area contributed by atoms with Gasteiger partial charge in [-0.05, 0) is 42.5 Å². The molecule has 0 amide bonds. The van der Waals surface area contributed by atoms with E-state index in [1.54, 1.807) is 0 Å². The van der Waals surface area contributed by atoms with Gasteiger partial charge >= 0.3 is 5.76 Å². The molecule has 1 heterocycles. The molecule has 0 atom stereocenters. The minimum atomic E-state index is -0.371. The SMILES string of the molecule is CC.CC.CCCCc1cc2[nH]c(=O)oc2cc1CC. The second kappa shape index (κ2) is 10.3. The summed E-state index contributed by atoms with van der Waals surface area (Å²) < 4.78 is 5.06. The highest BCUT2D eigenvalue weighted by atomic mass is 16.4. The van der Waals surface area contributed by atoms with Crippen LogP contribution in [0.3, 0.4) is 0 Å². The Morgan fingerprint density at radius 1 is 1.05 bits per heavy atom. The van der Waals surface area contributed by atoms with Gasteiger partial charge in [-0.3, -0.25) is 4.98 Å². The Balaban J connectivity index is 0.000000829. The van der Waals surface area contributed by atoms with Gasteiger partial charge in [0.15, 0.2) is 5.58 Å². The van der Waals surface area contributed by atoms with Crippen LogP contribution in [-0.2, 0) is 12.8 Å². The maximum absolute atomic E-state index is 11.1. The Bertz CT molecular complexity index is 537. The summed E-state index contributed by atoms with van der Waals surface area (Å²) in [7, 11) is 0. The van der Waals surface area contributed by atoms with Crippen molar-refractivity contribution in [2.45, 2.75) is 67.2 Å². The summed E-state index contributed by atoms with van der Waals surface area (Å²) in [6, 6.07) is 4.03. The van der Waals surface area contributed by atoms with Gasteiger partial charge in [0.25, 0.3) is 0 Å². The molecule has 0 bridgehead atoms. The van der Waals surface area contributed by atoms with Crippen LogP contribution < -0.4 is 5.76 Å². The number of nitrogens with one attached hydrogen (secondary N) is 1. The van der Waals surface area contributed by atoms with Crippen LogP contribution in [-0.4, -0.2) is 4.98 Å². The molecule has 0 radical (unpaired) electrons. The van der Waals surface area contributed by atoms with E-state index in [2.05, 4.69) is 24.9 Å². The lowest BCUT2D eigenvalue weighted by Gasteiger charge is -2.06. The number of aromatic nitrogens is 1. The van der Waals surface area contributed by atoms with Crippen LogP contribution in [0.5, 0.6) is 0 Å². The van der Waals surface area contributed by atoms with Crippen LogP contribution >= 0.6 is 0 Å². The van der Waals surface area contributed by atoms with Gasteiger partial charge in [0.05, 0.1) is 5.52 Å². The van der Waals surface area contributed by atoms with Gasteiger partial charge in [0.1, 0.15) is 0 Å². The van der Waals surface area contributed by atoms with E-state index < -0.39 is 0 Å². The first-order chi connectivity index (χ1) is 9.74. The molecule has 0 unspecified atom stereocenters. The van der Waals surface area contributed by atoms with Crippen LogP contribution in [0.1, 0.15) is 65.5 Å².